The molecule has 1 N–H and O–H groups in total. The Morgan fingerprint density at radius 2 is 2.36 bits per heavy atom. The Labute approximate surface area is 98.3 Å². The molecular formula is C8H8BrN3S2. The van der Waals surface area contributed by atoms with Gasteiger partial charge < -0.3 is 5.32 Å². The van der Waals surface area contributed by atoms with Crippen LogP contribution >= 0.6 is 38.6 Å². The molecule has 0 fully saturated rings. The summed E-state index contributed by atoms with van der Waals surface area (Å²) in [5.74, 6) is 0. The van der Waals surface area contributed by atoms with E-state index in [4.69, 9.17) is 0 Å². The summed E-state index contributed by atoms with van der Waals surface area (Å²) in [5.41, 5.74) is 0. The second-order valence-corrected chi connectivity index (χ2v) is 5.80. The second kappa shape index (κ2) is 4.37. The van der Waals surface area contributed by atoms with Crippen LogP contribution in [0.25, 0.3) is 0 Å². The van der Waals surface area contributed by atoms with Crippen molar-refractivity contribution < 1.29 is 0 Å². The van der Waals surface area contributed by atoms with Crippen molar-refractivity contribution in [1.29, 1.82) is 0 Å². The SMILES string of the molecule is Cc1nnc(NCc2cc(Br)cs2)s1. The molecule has 0 atom stereocenters. The molecule has 0 saturated carbocycles. The van der Waals surface area contributed by atoms with E-state index in [-0.39, 0.29) is 0 Å². The molecule has 0 bridgehead atoms. The van der Waals surface area contributed by atoms with E-state index in [1.54, 1.807) is 22.7 Å². The van der Waals surface area contributed by atoms with Crippen molar-refractivity contribution in [2.75, 3.05) is 5.32 Å². The van der Waals surface area contributed by atoms with Crippen LogP contribution in [0.5, 0.6) is 0 Å². The van der Waals surface area contributed by atoms with E-state index in [9.17, 15) is 0 Å². The summed E-state index contributed by atoms with van der Waals surface area (Å²) in [7, 11) is 0. The third-order valence-corrected chi connectivity index (χ3v) is 4.06. The number of halogens is 1. The maximum Gasteiger partial charge on any atom is 0.205 e. The van der Waals surface area contributed by atoms with Crippen LogP contribution in [0.3, 0.4) is 0 Å². The number of aryl methyl sites for hydroxylation is 1. The predicted molar refractivity (Wildman–Crippen MR) is 64.0 cm³/mol. The van der Waals surface area contributed by atoms with Crippen LogP contribution in [-0.4, -0.2) is 10.2 Å². The molecule has 3 nitrogen and oxygen atoms in total. The van der Waals surface area contributed by atoms with Gasteiger partial charge in [0.2, 0.25) is 5.13 Å². The van der Waals surface area contributed by atoms with Crippen molar-refractivity contribution in [3.05, 3.63) is 25.8 Å². The molecule has 0 aliphatic heterocycles. The molecule has 0 spiro atoms. The molecule has 0 aromatic carbocycles. The molecule has 0 radical (unpaired) electrons. The topological polar surface area (TPSA) is 37.8 Å². The van der Waals surface area contributed by atoms with Gasteiger partial charge in [0, 0.05) is 14.7 Å². The minimum Gasteiger partial charge on any atom is -0.355 e. The fourth-order valence-corrected chi connectivity index (χ4v) is 2.96. The van der Waals surface area contributed by atoms with E-state index in [1.807, 2.05) is 6.92 Å². The third-order valence-electron chi connectivity index (χ3n) is 1.56. The average Bonchev–Trinajstić information content (AvgIpc) is 2.72. The molecule has 2 rings (SSSR count). The lowest BCUT2D eigenvalue weighted by Crippen LogP contribution is -1.96. The zero-order chi connectivity index (χ0) is 9.97. The first-order valence-electron chi connectivity index (χ1n) is 4.01. The molecule has 2 heterocycles. The number of thiophene rings is 1. The zero-order valence-electron chi connectivity index (χ0n) is 7.45. The molecule has 0 aliphatic carbocycles. The second-order valence-electron chi connectivity index (χ2n) is 2.71. The van der Waals surface area contributed by atoms with E-state index < -0.39 is 0 Å². The van der Waals surface area contributed by atoms with Crippen molar-refractivity contribution in [2.24, 2.45) is 0 Å². The van der Waals surface area contributed by atoms with Gasteiger partial charge in [0.15, 0.2) is 0 Å². The quantitative estimate of drug-likeness (QED) is 0.942. The third kappa shape index (κ3) is 2.52. The fourth-order valence-electron chi connectivity index (χ4n) is 0.977. The maximum absolute atomic E-state index is 3.99. The summed E-state index contributed by atoms with van der Waals surface area (Å²) in [6, 6.07) is 2.10. The lowest BCUT2D eigenvalue weighted by molar-refractivity contribution is 1.03. The molecular weight excluding hydrogens is 282 g/mol. The van der Waals surface area contributed by atoms with Crippen LogP contribution in [0, 0.1) is 6.92 Å². The summed E-state index contributed by atoms with van der Waals surface area (Å²) in [5, 5.41) is 15.1. The summed E-state index contributed by atoms with van der Waals surface area (Å²) in [6.45, 7) is 2.76. The molecule has 14 heavy (non-hydrogen) atoms. The lowest BCUT2D eigenvalue weighted by Gasteiger charge is -1.97. The van der Waals surface area contributed by atoms with E-state index >= 15 is 0 Å². The Balaban J connectivity index is 1.94. The van der Waals surface area contributed by atoms with Crippen molar-refractivity contribution in [2.45, 2.75) is 13.5 Å². The van der Waals surface area contributed by atoms with Crippen molar-refractivity contribution in [3.8, 4) is 0 Å². The van der Waals surface area contributed by atoms with Crippen molar-refractivity contribution in [1.82, 2.24) is 10.2 Å². The smallest absolute Gasteiger partial charge is 0.205 e. The van der Waals surface area contributed by atoms with Gasteiger partial charge >= 0.3 is 0 Å². The molecule has 0 saturated heterocycles. The molecule has 0 aliphatic rings. The standard InChI is InChI=1S/C8H8BrN3S2/c1-5-11-12-8(14-5)10-3-7-2-6(9)4-13-7/h2,4H,3H2,1H3,(H,10,12). The van der Waals surface area contributed by atoms with E-state index in [2.05, 4.69) is 42.9 Å². The average molecular weight is 290 g/mol. The van der Waals surface area contributed by atoms with Gasteiger partial charge in [0.1, 0.15) is 5.01 Å². The highest BCUT2D eigenvalue weighted by atomic mass is 79.9. The Kier molecular flexibility index (Phi) is 3.15. The summed E-state index contributed by atoms with van der Waals surface area (Å²) in [6.07, 6.45) is 0. The van der Waals surface area contributed by atoms with Crippen LogP contribution in [0.1, 0.15) is 9.88 Å². The lowest BCUT2D eigenvalue weighted by atomic mass is 10.5. The number of anilines is 1. The first kappa shape index (κ1) is 10.1. The number of aromatic nitrogens is 2. The van der Waals surface area contributed by atoms with E-state index in [0.717, 1.165) is 21.2 Å². The van der Waals surface area contributed by atoms with Crippen LogP contribution < -0.4 is 5.32 Å². The summed E-state index contributed by atoms with van der Waals surface area (Å²) < 4.78 is 1.13. The molecule has 0 unspecified atom stereocenters. The first-order chi connectivity index (χ1) is 6.74. The number of nitrogens with one attached hydrogen (secondary N) is 1. The largest absolute Gasteiger partial charge is 0.355 e. The maximum atomic E-state index is 3.99. The molecule has 6 heteroatoms. The number of hydrogen-bond acceptors (Lipinski definition) is 5. The van der Waals surface area contributed by atoms with E-state index in [0.29, 0.717) is 0 Å². The van der Waals surface area contributed by atoms with Crippen LogP contribution in [0.4, 0.5) is 5.13 Å². The minimum atomic E-state index is 0.810. The number of rotatable bonds is 3. The van der Waals surface area contributed by atoms with E-state index in [1.165, 1.54) is 4.88 Å². The van der Waals surface area contributed by atoms with Gasteiger partial charge in [-0.1, -0.05) is 11.3 Å². The van der Waals surface area contributed by atoms with Gasteiger partial charge in [-0.3, -0.25) is 0 Å². The molecule has 2 aromatic heterocycles. The summed E-state index contributed by atoms with van der Waals surface area (Å²) >= 11 is 6.72. The monoisotopic (exact) mass is 289 g/mol. The van der Waals surface area contributed by atoms with Crippen molar-refractivity contribution in [3.63, 3.8) is 0 Å². The predicted octanol–water partition coefficient (Wildman–Crippen LogP) is 3.28. The van der Waals surface area contributed by atoms with Gasteiger partial charge in [0.25, 0.3) is 0 Å². The van der Waals surface area contributed by atoms with Crippen LogP contribution in [-0.2, 0) is 6.54 Å². The number of hydrogen-bond donors (Lipinski definition) is 1. The van der Waals surface area contributed by atoms with Crippen LogP contribution in [0.2, 0.25) is 0 Å². The minimum absolute atomic E-state index is 0.810. The Hall–Kier alpha value is -0.460. The van der Waals surface area contributed by atoms with Crippen molar-refractivity contribution >= 4 is 43.7 Å². The highest BCUT2D eigenvalue weighted by Crippen LogP contribution is 2.21. The van der Waals surface area contributed by atoms with Gasteiger partial charge in [-0.25, -0.2) is 0 Å². The molecule has 2 aromatic rings. The Morgan fingerprint density at radius 1 is 1.50 bits per heavy atom. The zero-order valence-corrected chi connectivity index (χ0v) is 10.7. The molecule has 0 amide bonds. The normalized spacial score (nSPS) is 10.4. The Bertz CT molecular complexity index is 383. The van der Waals surface area contributed by atoms with Gasteiger partial charge in [-0.2, -0.15) is 0 Å². The van der Waals surface area contributed by atoms with Gasteiger partial charge in [-0.15, -0.1) is 21.5 Å². The fraction of sp³-hybridized carbons (Fsp3) is 0.250. The highest BCUT2D eigenvalue weighted by Gasteiger charge is 2.01. The van der Waals surface area contributed by atoms with Gasteiger partial charge in [-0.05, 0) is 28.9 Å². The Morgan fingerprint density at radius 3 is 2.93 bits per heavy atom. The first-order valence-corrected chi connectivity index (χ1v) is 6.50. The van der Waals surface area contributed by atoms with Gasteiger partial charge in [0.05, 0.1) is 6.54 Å². The highest BCUT2D eigenvalue weighted by molar-refractivity contribution is 9.10. The number of nitrogens with zero attached hydrogens (tertiary/aromatic N) is 2. The summed E-state index contributed by atoms with van der Waals surface area (Å²) in [4.78, 5) is 1.28. The van der Waals surface area contributed by atoms with Crippen LogP contribution in [0.15, 0.2) is 15.9 Å². The molecule has 74 valence electrons.